The van der Waals surface area contributed by atoms with Gasteiger partial charge in [-0.2, -0.15) is 0 Å². The van der Waals surface area contributed by atoms with Crippen LogP contribution in [0.1, 0.15) is 50.1 Å². The van der Waals surface area contributed by atoms with Crippen molar-refractivity contribution in [2.75, 3.05) is 6.54 Å². The summed E-state index contributed by atoms with van der Waals surface area (Å²) in [5.74, 6) is 1.62. The van der Waals surface area contributed by atoms with Gasteiger partial charge in [0, 0.05) is 17.8 Å². The maximum atomic E-state index is 5.55. The topological polar surface area (TPSA) is 38.9 Å². The van der Waals surface area contributed by atoms with Gasteiger partial charge in [-0.3, -0.25) is 4.98 Å². The normalized spacial score (nSPS) is 25.6. The Bertz CT molecular complexity index is 289. The lowest BCUT2D eigenvalue weighted by Crippen LogP contribution is -2.15. The molecule has 16 heavy (non-hydrogen) atoms. The summed E-state index contributed by atoms with van der Waals surface area (Å²) in [6.07, 6.45) is 9.78. The van der Waals surface area contributed by atoms with E-state index in [-0.39, 0.29) is 0 Å². The van der Waals surface area contributed by atoms with Crippen molar-refractivity contribution in [3.63, 3.8) is 0 Å². The Kier molecular flexibility index (Phi) is 4.34. The number of rotatable bonds is 4. The molecule has 1 aromatic rings. The molecule has 0 aliphatic heterocycles. The third kappa shape index (κ3) is 3.05. The summed E-state index contributed by atoms with van der Waals surface area (Å²) >= 11 is 0. The molecular formula is C14H22N2. The molecule has 1 aliphatic rings. The van der Waals surface area contributed by atoms with Crippen LogP contribution in [0.3, 0.4) is 0 Å². The molecule has 2 N–H and O–H groups in total. The van der Waals surface area contributed by atoms with Gasteiger partial charge in [-0.05, 0) is 63.1 Å². The highest BCUT2D eigenvalue weighted by atomic mass is 14.7. The first-order valence-corrected chi connectivity index (χ1v) is 6.51. The largest absolute Gasteiger partial charge is 0.330 e. The molecule has 2 nitrogen and oxygen atoms in total. The SMILES string of the molecule is NCCCC1CCC(c2ccccn2)CC1. The van der Waals surface area contributed by atoms with Crippen molar-refractivity contribution in [1.29, 1.82) is 0 Å². The molecule has 1 aliphatic carbocycles. The zero-order chi connectivity index (χ0) is 11.2. The highest BCUT2D eigenvalue weighted by molar-refractivity contribution is 5.10. The summed E-state index contributed by atoms with van der Waals surface area (Å²) in [4.78, 5) is 4.47. The van der Waals surface area contributed by atoms with Crippen LogP contribution < -0.4 is 5.73 Å². The molecule has 0 bridgehead atoms. The van der Waals surface area contributed by atoms with Crippen LogP contribution in [-0.4, -0.2) is 11.5 Å². The second kappa shape index (κ2) is 6.00. The Balaban J connectivity index is 1.81. The first kappa shape index (κ1) is 11.6. The van der Waals surface area contributed by atoms with Crippen molar-refractivity contribution in [3.05, 3.63) is 30.1 Å². The zero-order valence-electron chi connectivity index (χ0n) is 9.94. The number of nitrogens with zero attached hydrogens (tertiary/aromatic N) is 1. The molecule has 0 saturated heterocycles. The quantitative estimate of drug-likeness (QED) is 0.843. The van der Waals surface area contributed by atoms with E-state index in [1.165, 1.54) is 44.2 Å². The second-order valence-electron chi connectivity index (χ2n) is 4.90. The average Bonchev–Trinajstić information content (AvgIpc) is 2.38. The summed E-state index contributed by atoms with van der Waals surface area (Å²) in [5, 5.41) is 0. The fourth-order valence-electron chi connectivity index (χ4n) is 2.77. The van der Waals surface area contributed by atoms with Crippen LogP contribution in [0.15, 0.2) is 24.4 Å². The van der Waals surface area contributed by atoms with Crippen molar-refractivity contribution in [3.8, 4) is 0 Å². The Morgan fingerprint density at radius 1 is 1.19 bits per heavy atom. The fraction of sp³-hybridized carbons (Fsp3) is 0.643. The van der Waals surface area contributed by atoms with Gasteiger partial charge < -0.3 is 5.73 Å². The third-order valence-electron chi connectivity index (χ3n) is 3.77. The van der Waals surface area contributed by atoms with Crippen LogP contribution >= 0.6 is 0 Å². The lowest BCUT2D eigenvalue weighted by Gasteiger charge is -2.28. The predicted octanol–water partition coefficient (Wildman–Crippen LogP) is 3.09. The molecule has 0 amide bonds. The number of aromatic nitrogens is 1. The summed E-state index contributed by atoms with van der Waals surface area (Å²) in [6.45, 7) is 0.847. The number of nitrogens with two attached hydrogens (primary N) is 1. The zero-order valence-corrected chi connectivity index (χ0v) is 9.94. The van der Waals surface area contributed by atoms with Gasteiger partial charge in [-0.15, -0.1) is 0 Å². The summed E-state index contributed by atoms with van der Waals surface area (Å²) < 4.78 is 0. The van der Waals surface area contributed by atoms with E-state index in [1.54, 1.807) is 0 Å². The first-order chi connectivity index (χ1) is 7.90. The van der Waals surface area contributed by atoms with Crippen molar-refractivity contribution < 1.29 is 0 Å². The fourth-order valence-corrected chi connectivity index (χ4v) is 2.77. The second-order valence-corrected chi connectivity index (χ2v) is 4.90. The van der Waals surface area contributed by atoms with E-state index in [0.29, 0.717) is 5.92 Å². The molecular weight excluding hydrogens is 196 g/mol. The van der Waals surface area contributed by atoms with Gasteiger partial charge in [-0.25, -0.2) is 0 Å². The minimum absolute atomic E-state index is 0.704. The monoisotopic (exact) mass is 218 g/mol. The highest BCUT2D eigenvalue weighted by Crippen LogP contribution is 2.36. The molecule has 0 atom stereocenters. The van der Waals surface area contributed by atoms with Gasteiger partial charge >= 0.3 is 0 Å². The van der Waals surface area contributed by atoms with Gasteiger partial charge in [0.25, 0.3) is 0 Å². The molecule has 1 fully saturated rings. The van der Waals surface area contributed by atoms with E-state index in [1.807, 2.05) is 12.3 Å². The third-order valence-corrected chi connectivity index (χ3v) is 3.77. The molecule has 0 unspecified atom stereocenters. The van der Waals surface area contributed by atoms with Crippen LogP contribution in [0.4, 0.5) is 0 Å². The van der Waals surface area contributed by atoms with Crippen LogP contribution in [0.5, 0.6) is 0 Å². The van der Waals surface area contributed by atoms with Gasteiger partial charge in [-0.1, -0.05) is 6.07 Å². The van der Waals surface area contributed by atoms with Crippen LogP contribution in [0.25, 0.3) is 0 Å². The minimum Gasteiger partial charge on any atom is -0.330 e. The Hall–Kier alpha value is -0.890. The molecule has 88 valence electrons. The van der Waals surface area contributed by atoms with Crippen molar-refractivity contribution >= 4 is 0 Å². The molecule has 1 aromatic heterocycles. The number of pyridine rings is 1. The van der Waals surface area contributed by atoms with Gasteiger partial charge in [0.15, 0.2) is 0 Å². The lowest BCUT2D eigenvalue weighted by atomic mass is 9.78. The van der Waals surface area contributed by atoms with Crippen LogP contribution in [-0.2, 0) is 0 Å². The van der Waals surface area contributed by atoms with Crippen LogP contribution in [0.2, 0.25) is 0 Å². The van der Waals surface area contributed by atoms with Crippen molar-refractivity contribution in [2.45, 2.75) is 44.4 Å². The molecule has 2 heteroatoms. The summed E-state index contributed by atoms with van der Waals surface area (Å²) in [7, 11) is 0. The standard InChI is InChI=1S/C14H22N2/c15-10-3-4-12-6-8-13(9-7-12)14-5-1-2-11-16-14/h1-2,5,11-13H,3-4,6-10,15H2. The molecule has 0 aromatic carbocycles. The van der Waals surface area contributed by atoms with E-state index in [2.05, 4.69) is 17.1 Å². The highest BCUT2D eigenvalue weighted by Gasteiger charge is 2.22. The average molecular weight is 218 g/mol. The molecule has 1 heterocycles. The number of hydrogen-bond donors (Lipinski definition) is 1. The number of hydrogen-bond acceptors (Lipinski definition) is 2. The van der Waals surface area contributed by atoms with Gasteiger partial charge in [0.2, 0.25) is 0 Å². The van der Waals surface area contributed by atoms with E-state index in [9.17, 15) is 0 Å². The predicted molar refractivity (Wildman–Crippen MR) is 67.2 cm³/mol. The smallest absolute Gasteiger partial charge is 0.0434 e. The Morgan fingerprint density at radius 3 is 2.62 bits per heavy atom. The molecule has 0 spiro atoms. The summed E-state index contributed by atoms with van der Waals surface area (Å²) in [5.41, 5.74) is 6.85. The maximum Gasteiger partial charge on any atom is 0.0434 e. The Labute approximate surface area is 98.3 Å². The van der Waals surface area contributed by atoms with Crippen molar-refractivity contribution in [1.82, 2.24) is 4.98 Å². The van der Waals surface area contributed by atoms with E-state index >= 15 is 0 Å². The van der Waals surface area contributed by atoms with Crippen LogP contribution in [0, 0.1) is 5.92 Å². The molecule has 1 saturated carbocycles. The first-order valence-electron chi connectivity index (χ1n) is 6.51. The summed E-state index contributed by atoms with van der Waals surface area (Å²) in [6, 6.07) is 6.27. The van der Waals surface area contributed by atoms with Gasteiger partial charge in [0.05, 0.1) is 0 Å². The molecule has 2 rings (SSSR count). The van der Waals surface area contributed by atoms with Crippen molar-refractivity contribution in [2.24, 2.45) is 11.7 Å². The Morgan fingerprint density at radius 2 is 2.00 bits per heavy atom. The molecule has 0 radical (unpaired) electrons. The van der Waals surface area contributed by atoms with E-state index in [4.69, 9.17) is 5.73 Å². The lowest BCUT2D eigenvalue weighted by molar-refractivity contribution is 0.303. The minimum atomic E-state index is 0.704. The maximum absolute atomic E-state index is 5.55. The van der Waals surface area contributed by atoms with E-state index < -0.39 is 0 Å². The van der Waals surface area contributed by atoms with E-state index in [0.717, 1.165) is 12.5 Å². The van der Waals surface area contributed by atoms with Gasteiger partial charge in [0.1, 0.15) is 0 Å².